The number of carbonyl (C=O) groups is 1. The van der Waals surface area contributed by atoms with Crippen molar-refractivity contribution in [1.82, 2.24) is 10.2 Å². The van der Waals surface area contributed by atoms with E-state index in [9.17, 15) is 9.18 Å². The lowest BCUT2D eigenvalue weighted by molar-refractivity contribution is -0.124. The van der Waals surface area contributed by atoms with Gasteiger partial charge in [-0.1, -0.05) is 38.1 Å². The maximum Gasteiger partial charge on any atom is 0.258 e. The van der Waals surface area contributed by atoms with Crippen molar-refractivity contribution in [1.29, 1.82) is 0 Å². The molecule has 0 bridgehead atoms. The number of hydrogen-bond acceptors (Lipinski definition) is 4. The summed E-state index contributed by atoms with van der Waals surface area (Å²) in [4.78, 5) is 14.7. The number of likely N-dealkylation sites (tertiary alicyclic amines) is 1. The van der Waals surface area contributed by atoms with Crippen LogP contribution in [0.25, 0.3) is 0 Å². The highest BCUT2D eigenvalue weighted by Crippen LogP contribution is 2.28. The number of nitrogens with one attached hydrogen (secondary N) is 1. The molecule has 1 unspecified atom stereocenters. The van der Waals surface area contributed by atoms with E-state index >= 15 is 0 Å². The molecule has 1 aliphatic heterocycles. The number of ether oxygens (including phenoxy) is 2. The predicted octanol–water partition coefficient (Wildman–Crippen LogP) is 4.51. The monoisotopic (exact) mass is 428 g/mol. The van der Waals surface area contributed by atoms with Crippen molar-refractivity contribution >= 4 is 5.91 Å². The van der Waals surface area contributed by atoms with Crippen LogP contribution >= 0.6 is 0 Å². The van der Waals surface area contributed by atoms with Gasteiger partial charge in [0.15, 0.2) is 18.2 Å². The van der Waals surface area contributed by atoms with Crippen LogP contribution in [0.5, 0.6) is 11.5 Å². The molecule has 0 aromatic heterocycles. The molecule has 1 atom stereocenters. The van der Waals surface area contributed by atoms with Gasteiger partial charge in [-0.3, -0.25) is 9.69 Å². The van der Waals surface area contributed by atoms with Crippen LogP contribution in [-0.4, -0.2) is 43.7 Å². The van der Waals surface area contributed by atoms with Crippen molar-refractivity contribution in [3.63, 3.8) is 0 Å². The van der Waals surface area contributed by atoms with Crippen LogP contribution in [0.4, 0.5) is 4.39 Å². The number of benzene rings is 2. The molecule has 6 heteroatoms. The molecule has 1 amide bonds. The fraction of sp³-hybridized carbons (Fsp3) is 0.480. The van der Waals surface area contributed by atoms with Crippen molar-refractivity contribution in [3.05, 3.63) is 59.4 Å². The van der Waals surface area contributed by atoms with Gasteiger partial charge in [0.2, 0.25) is 0 Å². The number of halogens is 1. The Balaban J connectivity index is 1.43. The normalized spacial score (nSPS) is 16.0. The Bertz CT molecular complexity index is 866. The van der Waals surface area contributed by atoms with Gasteiger partial charge in [0.25, 0.3) is 5.91 Å². The lowest BCUT2D eigenvalue weighted by Crippen LogP contribution is -2.45. The largest absolute Gasteiger partial charge is 0.494 e. The van der Waals surface area contributed by atoms with Crippen LogP contribution in [0.15, 0.2) is 42.5 Å². The minimum Gasteiger partial charge on any atom is -0.494 e. The Labute approximate surface area is 184 Å². The second kappa shape index (κ2) is 11.1. The van der Waals surface area contributed by atoms with Crippen LogP contribution in [0.2, 0.25) is 0 Å². The third-order valence-electron chi connectivity index (χ3n) is 6.00. The number of methoxy groups -OCH3 is 1. The molecule has 0 radical (unpaired) electrons. The zero-order valence-corrected chi connectivity index (χ0v) is 18.7. The van der Waals surface area contributed by atoms with Crippen LogP contribution in [-0.2, 0) is 11.3 Å². The van der Waals surface area contributed by atoms with Crippen molar-refractivity contribution in [2.45, 2.75) is 51.6 Å². The third-order valence-corrected chi connectivity index (χ3v) is 6.00. The van der Waals surface area contributed by atoms with Crippen molar-refractivity contribution in [3.8, 4) is 11.5 Å². The second-order valence-corrected chi connectivity index (χ2v) is 8.22. The number of piperidine rings is 1. The summed E-state index contributed by atoms with van der Waals surface area (Å²) in [6.45, 7) is 6.74. The second-order valence-electron chi connectivity index (χ2n) is 8.22. The van der Waals surface area contributed by atoms with Crippen molar-refractivity contribution in [2.24, 2.45) is 0 Å². The van der Waals surface area contributed by atoms with Gasteiger partial charge in [0, 0.05) is 25.7 Å². The van der Waals surface area contributed by atoms with E-state index in [4.69, 9.17) is 9.47 Å². The number of nitrogens with zero attached hydrogens (tertiary/aromatic N) is 1. The van der Waals surface area contributed by atoms with Gasteiger partial charge in [-0.25, -0.2) is 4.39 Å². The summed E-state index contributed by atoms with van der Waals surface area (Å²) in [6, 6.07) is 13.2. The fourth-order valence-electron chi connectivity index (χ4n) is 3.95. The van der Waals surface area contributed by atoms with Gasteiger partial charge in [-0.2, -0.15) is 0 Å². The summed E-state index contributed by atoms with van der Waals surface area (Å²) in [5.74, 6) is 1.02. The number of rotatable bonds is 9. The van der Waals surface area contributed by atoms with Gasteiger partial charge >= 0.3 is 0 Å². The molecule has 1 saturated heterocycles. The van der Waals surface area contributed by atoms with E-state index in [0.29, 0.717) is 12.5 Å². The van der Waals surface area contributed by atoms with Crippen LogP contribution in [0.3, 0.4) is 0 Å². The number of hydrogen-bond donors (Lipinski definition) is 1. The number of carbonyl (C=O) groups excluding carboxylic acids is 1. The molecule has 1 fully saturated rings. The Kier molecular flexibility index (Phi) is 8.29. The minimum atomic E-state index is -0.336. The summed E-state index contributed by atoms with van der Waals surface area (Å²) in [5.41, 5.74) is 2.07. The number of amides is 1. The van der Waals surface area contributed by atoms with E-state index in [1.54, 1.807) is 6.07 Å². The summed E-state index contributed by atoms with van der Waals surface area (Å²) in [5, 5.41) is 3.09. The third kappa shape index (κ3) is 6.44. The summed E-state index contributed by atoms with van der Waals surface area (Å²) >= 11 is 0. The molecule has 0 aliphatic carbocycles. The standard InChI is InChI=1S/C25H33FN2O3/c1-4-18(2)21-7-5-6-8-23(21)31-17-25(29)27-20-11-13-28(14-12-20)16-19-9-10-24(30-3)22(26)15-19/h5-10,15,18,20H,4,11-14,16-17H2,1-3H3,(H,27,29). The molecule has 0 spiro atoms. The molecular formula is C25H33FN2O3. The van der Waals surface area contributed by atoms with Crippen LogP contribution in [0, 0.1) is 5.82 Å². The highest BCUT2D eigenvalue weighted by molar-refractivity contribution is 5.77. The molecule has 0 saturated carbocycles. The zero-order chi connectivity index (χ0) is 22.2. The van der Waals surface area contributed by atoms with Gasteiger partial charge in [-0.05, 0) is 54.5 Å². The first-order valence-electron chi connectivity index (χ1n) is 11.1. The highest BCUT2D eigenvalue weighted by atomic mass is 19.1. The average Bonchev–Trinajstić information content (AvgIpc) is 2.79. The lowest BCUT2D eigenvalue weighted by Gasteiger charge is -2.32. The smallest absolute Gasteiger partial charge is 0.258 e. The average molecular weight is 429 g/mol. The SMILES string of the molecule is CCC(C)c1ccccc1OCC(=O)NC1CCN(Cc2ccc(OC)c(F)c2)CC1. The van der Waals surface area contributed by atoms with E-state index < -0.39 is 0 Å². The van der Waals surface area contributed by atoms with E-state index in [0.717, 1.165) is 49.2 Å². The Hall–Kier alpha value is -2.60. The molecule has 168 valence electrons. The molecule has 2 aromatic rings. The fourth-order valence-corrected chi connectivity index (χ4v) is 3.95. The van der Waals surface area contributed by atoms with Crippen molar-refractivity contribution < 1.29 is 18.7 Å². The molecule has 1 N–H and O–H groups in total. The summed E-state index contributed by atoms with van der Waals surface area (Å²) in [6.07, 6.45) is 2.76. The summed E-state index contributed by atoms with van der Waals surface area (Å²) < 4.78 is 24.7. The first-order chi connectivity index (χ1) is 15.0. The van der Waals surface area contributed by atoms with Gasteiger partial charge in [0.05, 0.1) is 7.11 Å². The Morgan fingerprint density at radius 1 is 1.19 bits per heavy atom. The number of para-hydroxylation sites is 1. The minimum absolute atomic E-state index is 0.0266. The maximum atomic E-state index is 13.9. The van der Waals surface area contributed by atoms with Gasteiger partial charge in [0.1, 0.15) is 5.75 Å². The molecule has 2 aromatic carbocycles. The highest BCUT2D eigenvalue weighted by Gasteiger charge is 2.21. The Morgan fingerprint density at radius 2 is 1.94 bits per heavy atom. The van der Waals surface area contributed by atoms with Gasteiger partial charge < -0.3 is 14.8 Å². The van der Waals surface area contributed by atoms with Crippen LogP contribution in [0.1, 0.15) is 50.2 Å². The first-order valence-corrected chi connectivity index (χ1v) is 11.1. The van der Waals surface area contributed by atoms with Crippen molar-refractivity contribution in [2.75, 3.05) is 26.8 Å². The molecule has 5 nitrogen and oxygen atoms in total. The molecule has 1 heterocycles. The molecular weight excluding hydrogens is 395 g/mol. The zero-order valence-electron chi connectivity index (χ0n) is 18.7. The quantitative estimate of drug-likeness (QED) is 0.639. The predicted molar refractivity (Wildman–Crippen MR) is 120 cm³/mol. The van der Waals surface area contributed by atoms with E-state index in [1.807, 2.05) is 24.3 Å². The first kappa shape index (κ1) is 23.1. The molecule has 3 rings (SSSR count). The lowest BCUT2D eigenvalue weighted by atomic mass is 9.98. The maximum absolute atomic E-state index is 13.9. The molecule has 1 aliphatic rings. The molecule has 31 heavy (non-hydrogen) atoms. The topological polar surface area (TPSA) is 50.8 Å². The van der Waals surface area contributed by atoms with Crippen LogP contribution < -0.4 is 14.8 Å². The summed E-state index contributed by atoms with van der Waals surface area (Å²) in [7, 11) is 1.46. The van der Waals surface area contributed by atoms with E-state index in [-0.39, 0.29) is 30.1 Å². The Morgan fingerprint density at radius 3 is 2.61 bits per heavy atom. The van der Waals surface area contributed by atoms with E-state index in [2.05, 4.69) is 30.1 Å². The van der Waals surface area contributed by atoms with Gasteiger partial charge in [-0.15, -0.1) is 0 Å². The van der Waals surface area contributed by atoms with E-state index in [1.165, 1.54) is 13.2 Å².